The highest BCUT2D eigenvalue weighted by molar-refractivity contribution is 9.10. The van der Waals surface area contributed by atoms with Crippen LogP contribution in [0.5, 0.6) is 0 Å². The van der Waals surface area contributed by atoms with Crippen LogP contribution < -0.4 is 15.4 Å². The second-order valence-corrected chi connectivity index (χ2v) is 12.5. The van der Waals surface area contributed by atoms with E-state index in [1.54, 1.807) is 17.0 Å². The van der Waals surface area contributed by atoms with Crippen LogP contribution in [0.1, 0.15) is 22.3 Å². The van der Waals surface area contributed by atoms with Crippen LogP contribution in [0.25, 0.3) is 10.8 Å². The van der Waals surface area contributed by atoms with Crippen molar-refractivity contribution in [3.05, 3.63) is 99.5 Å². The zero-order valence-electron chi connectivity index (χ0n) is 21.4. The molecule has 1 heterocycles. The van der Waals surface area contributed by atoms with E-state index < -0.39 is 15.9 Å². The molecule has 5 rings (SSSR count). The molecule has 11 heteroatoms. The summed E-state index contributed by atoms with van der Waals surface area (Å²) in [5.41, 5.74) is 2.04. The third-order valence-electron chi connectivity index (χ3n) is 6.69. The van der Waals surface area contributed by atoms with Gasteiger partial charge < -0.3 is 15.5 Å². The van der Waals surface area contributed by atoms with E-state index in [1.807, 2.05) is 55.5 Å². The van der Waals surface area contributed by atoms with Gasteiger partial charge in [0.2, 0.25) is 0 Å². The van der Waals surface area contributed by atoms with Gasteiger partial charge in [-0.2, -0.15) is 0 Å². The molecule has 1 atom stereocenters. The number of hydrogen-bond acceptors (Lipinski definition) is 4. The number of nitrogens with one attached hydrogen (secondary N) is 3. The highest BCUT2D eigenvalue weighted by Gasteiger charge is 2.30. The van der Waals surface area contributed by atoms with Gasteiger partial charge in [-0.1, -0.05) is 54.1 Å². The minimum Gasteiger partial charge on any atom is -0.336 e. The second kappa shape index (κ2) is 11.5. The van der Waals surface area contributed by atoms with Crippen LogP contribution in [0, 0.1) is 6.92 Å². The van der Waals surface area contributed by atoms with Crippen molar-refractivity contribution in [1.82, 2.24) is 10.2 Å². The molecule has 40 heavy (non-hydrogen) atoms. The van der Waals surface area contributed by atoms with E-state index in [9.17, 15) is 18.0 Å². The summed E-state index contributed by atoms with van der Waals surface area (Å²) in [4.78, 5) is 27.6. The van der Waals surface area contributed by atoms with Gasteiger partial charge in [0.25, 0.3) is 15.9 Å². The summed E-state index contributed by atoms with van der Waals surface area (Å²) in [5.74, 6) is -0.405. The molecule has 206 valence electrons. The molecule has 3 N–H and O–H groups in total. The van der Waals surface area contributed by atoms with Crippen molar-refractivity contribution in [1.29, 1.82) is 0 Å². The van der Waals surface area contributed by atoms with Crippen molar-refractivity contribution in [3.63, 3.8) is 0 Å². The molecule has 0 spiro atoms. The molecule has 4 aromatic carbocycles. The maximum absolute atomic E-state index is 13.4. The molecule has 8 nitrogen and oxygen atoms in total. The first-order valence-electron chi connectivity index (χ1n) is 12.5. The van der Waals surface area contributed by atoms with Crippen LogP contribution in [0.15, 0.2) is 88.2 Å². The van der Waals surface area contributed by atoms with Crippen LogP contribution in [-0.2, 0) is 10.0 Å². The van der Waals surface area contributed by atoms with Gasteiger partial charge in [0.1, 0.15) is 0 Å². The number of fused-ring (bicyclic) bond motifs is 1. The van der Waals surface area contributed by atoms with E-state index in [-0.39, 0.29) is 34.1 Å². The lowest BCUT2D eigenvalue weighted by Gasteiger charge is -2.19. The third kappa shape index (κ3) is 6.09. The number of carbonyl (C=O) groups excluding carboxylic acids is 2. The monoisotopic (exact) mass is 640 g/mol. The number of urea groups is 1. The van der Waals surface area contributed by atoms with Gasteiger partial charge in [-0.05, 0) is 76.6 Å². The van der Waals surface area contributed by atoms with Gasteiger partial charge in [-0.3, -0.25) is 9.52 Å². The van der Waals surface area contributed by atoms with Gasteiger partial charge in [0.05, 0.1) is 26.9 Å². The fraction of sp³-hybridized carbons (Fsp3) is 0.172. The number of anilines is 2. The van der Waals surface area contributed by atoms with Crippen LogP contribution in [0.4, 0.5) is 16.2 Å². The second-order valence-electron chi connectivity index (χ2n) is 9.59. The Labute approximate surface area is 245 Å². The quantitative estimate of drug-likeness (QED) is 0.226. The van der Waals surface area contributed by atoms with E-state index in [2.05, 4.69) is 31.3 Å². The summed E-state index contributed by atoms with van der Waals surface area (Å²) in [5, 5.41) is 7.91. The first-order valence-corrected chi connectivity index (χ1v) is 15.2. The average molecular weight is 642 g/mol. The Balaban J connectivity index is 1.26. The zero-order valence-corrected chi connectivity index (χ0v) is 24.6. The number of likely N-dealkylation sites (tertiary alicyclic amines) is 1. The molecule has 1 aliphatic rings. The lowest BCUT2D eigenvalue weighted by molar-refractivity contribution is 0.0789. The predicted molar refractivity (Wildman–Crippen MR) is 162 cm³/mol. The van der Waals surface area contributed by atoms with E-state index in [1.165, 1.54) is 18.2 Å². The normalized spacial score (nSPS) is 15.2. The number of rotatable bonds is 6. The van der Waals surface area contributed by atoms with Crippen LogP contribution in [0.2, 0.25) is 5.02 Å². The van der Waals surface area contributed by atoms with E-state index >= 15 is 0 Å². The number of amides is 3. The molecule has 0 bridgehead atoms. The van der Waals surface area contributed by atoms with Crippen molar-refractivity contribution >= 4 is 71.6 Å². The Bertz CT molecular complexity index is 1730. The summed E-state index contributed by atoms with van der Waals surface area (Å²) in [6.07, 6.45) is 0.549. The van der Waals surface area contributed by atoms with Gasteiger partial charge in [0.15, 0.2) is 0 Å². The topological polar surface area (TPSA) is 108 Å². The summed E-state index contributed by atoms with van der Waals surface area (Å²) in [6.45, 7) is 2.51. The van der Waals surface area contributed by atoms with E-state index in [0.717, 1.165) is 16.3 Å². The highest BCUT2D eigenvalue weighted by atomic mass is 79.9. The number of halogens is 2. The lowest BCUT2D eigenvalue weighted by Crippen LogP contribution is -2.40. The predicted octanol–water partition coefficient (Wildman–Crippen LogP) is 6.40. The first-order chi connectivity index (χ1) is 19.1. The third-order valence-corrected chi connectivity index (χ3v) is 9.08. The first kappa shape index (κ1) is 27.9. The van der Waals surface area contributed by atoms with Crippen molar-refractivity contribution in [3.8, 4) is 0 Å². The molecular weight excluding hydrogens is 616 g/mol. The SMILES string of the molecule is Cc1ccc(Br)c(NS(=O)(=O)c2ccc(Cl)c(C(=O)N3CCC(NC(=O)Nc4cccc5ccccc45)C3)c2)c1. The summed E-state index contributed by atoms with van der Waals surface area (Å²) in [6, 6.07) is 22.2. The minimum atomic E-state index is -4.00. The number of sulfonamides is 1. The molecular formula is C29H26BrClN4O4S. The molecule has 3 amide bonds. The van der Waals surface area contributed by atoms with Crippen molar-refractivity contribution in [2.75, 3.05) is 23.1 Å². The van der Waals surface area contributed by atoms with Gasteiger partial charge in [0, 0.05) is 29.0 Å². The van der Waals surface area contributed by atoms with E-state index in [0.29, 0.717) is 28.8 Å². The van der Waals surface area contributed by atoms with Crippen molar-refractivity contribution < 1.29 is 18.0 Å². The molecule has 1 saturated heterocycles. The molecule has 0 radical (unpaired) electrons. The van der Waals surface area contributed by atoms with Gasteiger partial charge >= 0.3 is 6.03 Å². The number of hydrogen-bond donors (Lipinski definition) is 3. The Morgan fingerprint density at radius 1 is 0.975 bits per heavy atom. The van der Waals surface area contributed by atoms with Crippen molar-refractivity contribution in [2.24, 2.45) is 0 Å². The maximum atomic E-state index is 13.4. The summed E-state index contributed by atoms with van der Waals surface area (Å²) in [7, 11) is -4.00. The Kier molecular flexibility index (Phi) is 8.02. The highest BCUT2D eigenvalue weighted by Crippen LogP contribution is 2.29. The summed E-state index contributed by atoms with van der Waals surface area (Å²) < 4.78 is 29.4. The molecule has 1 fully saturated rings. The van der Waals surface area contributed by atoms with Crippen LogP contribution in [-0.4, -0.2) is 44.4 Å². The Morgan fingerprint density at radius 3 is 2.58 bits per heavy atom. The number of carbonyl (C=O) groups is 2. The standard InChI is InChI=1S/C29H26BrClN4O4S/c1-18-9-11-24(30)27(15-18)34-40(38,39)21-10-12-25(31)23(16-21)28(36)35-14-13-20(17-35)32-29(37)33-26-8-4-6-19-5-2-3-7-22(19)26/h2-12,15-16,20,34H,13-14,17H2,1H3,(H2,32,33,37). The van der Waals surface area contributed by atoms with Crippen LogP contribution >= 0.6 is 27.5 Å². The zero-order chi connectivity index (χ0) is 28.4. The van der Waals surface area contributed by atoms with Gasteiger partial charge in [-0.25, -0.2) is 13.2 Å². The number of nitrogens with zero attached hydrogens (tertiary/aromatic N) is 1. The molecule has 0 aliphatic carbocycles. The Hall–Kier alpha value is -3.60. The largest absolute Gasteiger partial charge is 0.336 e. The summed E-state index contributed by atoms with van der Waals surface area (Å²) >= 11 is 9.69. The number of aryl methyl sites for hydroxylation is 1. The molecule has 0 aromatic heterocycles. The molecule has 4 aromatic rings. The Morgan fingerprint density at radius 2 is 1.75 bits per heavy atom. The molecule has 0 saturated carbocycles. The average Bonchev–Trinajstić information content (AvgIpc) is 3.39. The van der Waals surface area contributed by atoms with Crippen LogP contribution in [0.3, 0.4) is 0 Å². The van der Waals surface area contributed by atoms with Gasteiger partial charge in [-0.15, -0.1) is 0 Å². The minimum absolute atomic E-state index is 0.0775. The molecule has 1 unspecified atom stereocenters. The fourth-order valence-electron chi connectivity index (χ4n) is 4.67. The maximum Gasteiger partial charge on any atom is 0.319 e. The fourth-order valence-corrected chi connectivity index (χ4v) is 6.44. The number of benzene rings is 4. The molecule has 1 aliphatic heterocycles. The lowest BCUT2D eigenvalue weighted by atomic mass is 10.1. The van der Waals surface area contributed by atoms with Crippen molar-refractivity contribution in [2.45, 2.75) is 24.3 Å². The van der Waals surface area contributed by atoms with E-state index in [4.69, 9.17) is 11.6 Å². The smallest absolute Gasteiger partial charge is 0.319 e.